The molecular formula is C19H20N4O2. The minimum Gasteiger partial charge on any atom is -0.445 e. The summed E-state index contributed by atoms with van der Waals surface area (Å²) >= 11 is 0. The number of hydrogen-bond donors (Lipinski definition) is 1. The van der Waals surface area contributed by atoms with Crippen molar-refractivity contribution in [1.82, 2.24) is 15.2 Å². The smallest absolute Gasteiger partial charge is 0.410 e. The molecule has 1 fully saturated rings. The molecule has 0 radical (unpaired) electrons. The number of nitrogens with one attached hydrogen (secondary N) is 1. The predicted octanol–water partition coefficient (Wildman–Crippen LogP) is 2.21. The third kappa shape index (κ3) is 3.47. The van der Waals surface area contributed by atoms with E-state index in [1.165, 1.54) is 0 Å². The first kappa shape index (κ1) is 15.6. The normalized spacial score (nSPS) is 21.9. The third-order valence-corrected chi connectivity index (χ3v) is 4.56. The first-order chi connectivity index (χ1) is 12.3. The largest absolute Gasteiger partial charge is 0.445 e. The minimum absolute atomic E-state index is 0.120. The number of carbonyl (C=O) groups is 1. The summed E-state index contributed by atoms with van der Waals surface area (Å²) in [7, 11) is 0. The van der Waals surface area contributed by atoms with Crippen LogP contribution in [0.5, 0.6) is 0 Å². The fraction of sp³-hybridized carbons (Fsp3) is 0.316. The van der Waals surface area contributed by atoms with Crippen molar-refractivity contribution in [3.8, 4) is 0 Å². The average molecular weight is 336 g/mol. The van der Waals surface area contributed by atoms with Gasteiger partial charge in [0.05, 0.1) is 12.1 Å². The molecule has 1 N–H and O–H groups in total. The molecule has 2 unspecified atom stereocenters. The Morgan fingerprint density at radius 1 is 1.20 bits per heavy atom. The highest BCUT2D eigenvalue weighted by atomic mass is 16.6. The molecule has 1 aromatic heterocycles. The maximum absolute atomic E-state index is 12.3. The number of piperidine rings is 1. The summed E-state index contributed by atoms with van der Waals surface area (Å²) in [6.07, 6.45) is 2.32. The molecule has 6 nitrogen and oxygen atoms in total. The minimum atomic E-state index is -0.268. The van der Waals surface area contributed by atoms with Crippen molar-refractivity contribution in [2.75, 3.05) is 13.1 Å². The second-order valence-corrected chi connectivity index (χ2v) is 6.29. The van der Waals surface area contributed by atoms with E-state index in [1.54, 1.807) is 11.1 Å². The van der Waals surface area contributed by atoms with Gasteiger partial charge in [-0.2, -0.15) is 0 Å². The average Bonchev–Trinajstić information content (AvgIpc) is 3.11. The van der Waals surface area contributed by atoms with E-state index in [0.717, 1.165) is 23.5 Å². The van der Waals surface area contributed by atoms with Crippen LogP contribution in [0.15, 0.2) is 59.7 Å². The zero-order valence-corrected chi connectivity index (χ0v) is 13.8. The Bertz CT molecular complexity index is 764. The van der Waals surface area contributed by atoms with Crippen molar-refractivity contribution in [3.05, 3.63) is 66.0 Å². The molecule has 128 valence electrons. The van der Waals surface area contributed by atoms with Crippen LogP contribution >= 0.6 is 0 Å². The van der Waals surface area contributed by atoms with Crippen LogP contribution in [0.1, 0.15) is 17.7 Å². The number of fused-ring (bicyclic) bond motifs is 1. The molecule has 1 saturated heterocycles. The first-order valence-electron chi connectivity index (χ1n) is 8.51. The number of nitrogens with zero attached hydrogens (tertiary/aromatic N) is 3. The Morgan fingerprint density at radius 2 is 2.04 bits per heavy atom. The quantitative estimate of drug-likeness (QED) is 0.933. The van der Waals surface area contributed by atoms with Gasteiger partial charge in [-0.05, 0) is 24.1 Å². The number of amidine groups is 1. The second-order valence-electron chi connectivity index (χ2n) is 6.29. The van der Waals surface area contributed by atoms with E-state index in [9.17, 15) is 4.79 Å². The van der Waals surface area contributed by atoms with Crippen LogP contribution in [0, 0.1) is 0 Å². The summed E-state index contributed by atoms with van der Waals surface area (Å²) in [5, 5.41) is 3.41. The lowest BCUT2D eigenvalue weighted by atomic mass is 10.0. The van der Waals surface area contributed by atoms with Crippen LogP contribution in [0.3, 0.4) is 0 Å². The van der Waals surface area contributed by atoms with E-state index in [-0.39, 0.29) is 18.2 Å². The lowest BCUT2D eigenvalue weighted by Gasteiger charge is -2.33. The van der Waals surface area contributed by atoms with Crippen LogP contribution in [-0.2, 0) is 11.3 Å². The summed E-state index contributed by atoms with van der Waals surface area (Å²) in [5.41, 5.74) is 1.83. The fourth-order valence-electron chi connectivity index (χ4n) is 3.23. The van der Waals surface area contributed by atoms with Gasteiger partial charge in [0.2, 0.25) is 0 Å². The van der Waals surface area contributed by atoms with Gasteiger partial charge >= 0.3 is 6.09 Å². The number of amides is 1. The lowest BCUT2D eigenvalue weighted by Crippen LogP contribution is -2.52. The molecule has 0 aliphatic carbocycles. The number of pyridine rings is 1. The second kappa shape index (κ2) is 6.93. The van der Waals surface area contributed by atoms with Gasteiger partial charge in [-0.25, -0.2) is 4.79 Å². The van der Waals surface area contributed by atoms with Crippen molar-refractivity contribution in [2.45, 2.75) is 25.1 Å². The summed E-state index contributed by atoms with van der Waals surface area (Å²) in [6, 6.07) is 15.8. The Balaban J connectivity index is 1.34. The Labute approximate surface area is 146 Å². The number of carbonyl (C=O) groups excluding carboxylic acids is 1. The van der Waals surface area contributed by atoms with Crippen LogP contribution in [0.25, 0.3) is 0 Å². The zero-order valence-electron chi connectivity index (χ0n) is 13.8. The number of aliphatic imine (C=N–C) groups is 1. The monoisotopic (exact) mass is 336 g/mol. The number of rotatable bonds is 3. The predicted molar refractivity (Wildman–Crippen MR) is 94.3 cm³/mol. The molecule has 1 aromatic carbocycles. The lowest BCUT2D eigenvalue weighted by molar-refractivity contribution is 0.0833. The zero-order chi connectivity index (χ0) is 17.1. The summed E-state index contributed by atoms with van der Waals surface area (Å²) in [4.78, 5) is 23.2. The number of likely N-dealkylation sites (tertiary alicyclic amines) is 1. The van der Waals surface area contributed by atoms with Crippen LogP contribution < -0.4 is 5.32 Å². The highest BCUT2D eigenvalue weighted by Gasteiger charge is 2.36. The van der Waals surface area contributed by atoms with E-state index in [0.29, 0.717) is 19.7 Å². The van der Waals surface area contributed by atoms with E-state index in [4.69, 9.17) is 9.73 Å². The number of ether oxygens (including phenoxy) is 1. The SMILES string of the molecule is O=C(OCc1ccccc1)N1CCC2N=C(c3ccccn3)NC2C1. The van der Waals surface area contributed by atoms with Crippen molar-refractivity contribution in [1.29, 1.82) is 0 Å². The van der Waals surface area contributed by atoms with E-state index < -0.39 is 0 Å². The van der Waals surface area contributed by atoms with Gasteiger partial charge in [0.25, 0.3) is 0 Å². The molecule has 2 aliphatic heterocycles. The van der Waals surface area contributed by atoms with Gasteiger partial charge in [-0.1, -0.05) is 36.4 Å². The van der Waals surface area contributed by atoms with E-state index >= 15 is 0 Å². The topological polar surface area (TPSA) is 66.8 Å². The molecule has 0 saturated carbocycles. The van der Waals surface area contributed by atoms with Crippen LogP contribution in [0.2, 0.25) is 0 Å². The molecule has 0 bridgehead atoms. The van der Waals surface area contributed by atoms with Crippen LogP contribution in [0.4, 0.5) is 4.79 Å². The highest BCUT2D eigenvalue weighted by molar-refractivity contribution is 5.98. The van der Waals surface area contributed by atoms with Crippen molar-refractivity contribution in [2.24, 2.45) is 4.99 Å². The summed E-state index contributed by atoms with van der Waals surface area (Å²) in [5.74, 6) is 0.815. The molecule has 6 heteroatoms. The Morgan fingerprint density at radius 3 is 2.84 bits per heavy atom. The van der Waals surface area contributed by atoms with Gasteiger partial charge in [-0.3, -0.25) is 9.98 Å². The first-order valence-corrected chi connectivity index (χ1v) is 8.51. The standard InChI is InChI=1S/C19H20N4O2/c24-19(25-13-14-6-2-1-3-7-14)23-11-9-15-17(12-23)22-18(21-15)16-8-4-5-10-20-16/h1-8,10,15,17H,9,11-13H2,(H,21,22). The molecule has 2 aromatic rings. The Kier molecular flexibility index (Phi) is 4.33. The fourth-order valence-corrected chi connectivity index (χ4v) is 3.23. The summed E-state index contributed by atoms with van der Waals surface area (Å²) in [6.45, 7) is 1.56. The Hall–Kier alpha value is -2.89. The molecule has 4 rings (SSSR count). The maximum Gasteiger partial charge on any atom is 0.410 e. The van der Waals surface area contributed by atoms with Gasteiger partial charge in [0.1, 0.15) is 18.1 Å². The molecule has 2 atom stereocenters. The molecule has 25 heavy (non-hydrogen) atoms. The highest BCUT2D eigenvalue weighted by Crippen LogP contribution is 2.21. The molecule has 2 aliphatic rings. The van der Waals surface area contributed by atoms with Crippen LogP contribution in [-0.4, -0.2) is 47.0 Å². The van der Waals surface area contributed by atoms with Gasteiger partial charge < -0.3 is 15.0 Å². The molecule has 0 spiro atoms. The van der Waals surface area contributed by atoms with Crippen molar-refractivity contribution in [3.63, 3.8) is 0 Å². The molecule has 1 amide bonds. The molecule has 3 heterocycles. The molecular weight excluding hydrogens is 316 g/mol. The third-order valence-electron chi connectivity index (χ3n) is 4.56. The van der Waals surface area contributed by atoms with Gasteiger partial charge in [-0.15, -0.1) is 0 Å². The van der Waals surface area contributed by atoms with Gasteiger partial charge in [0, 0.05) is 19.3 Å². The summed E-state index contributed by atoms with van der Waals surface area (Å²) < 4.78 is 5.44. The number of aromatic nitrogens is 1. The van der Waals surface area contributed by atoms with Crippen molar-refractivity contribution < 1.29 is 9.53 Å². The maximum atomic E-state index is 12.3. The number of benzene rings is 1. The van der Waals surface area contributed by atoms with E-state index in [1.807, 2.05) is 48.5 Å². The van der Waals surface area contributed by atoms with Crippen molar-refractivity contribution >= 4 is 11.9 Å². The number of hydrogen-bond acceptors (Lipinski definition) is 5. The van der Waals surface area contributed by atoms with E-state index in [2.05, 4.69) is 10.3 Å². The van der Waals surface area contributed by atoms with Gasteiger partial charge in [0.15, 0.2) is 0 Å².